The molecular weight excluding hydrogens is 645 g/mol. The molecule has 2 amide bonds. The van der Waals surface area contributed by atoms with Gasteiger partial charge in [-0.15, -0.1) is 0 Å². The Labute approximate surface area is 299 Å². The van der Waals surface area contributed by atoms with E-state index < -0.39 is 43.7 Å². The molecule has 0 aliphatic carbocycles. The highest BCUT2D eigenvalue weighted by Crippen LogP contribution is 2.38. The molecule has 8 nitrogen and oxygen atoms in total. The number of carbonyl (C=O) groups is 3. The molecule has 2 atom stereocenters. The number of benzene rings is 3. The van der Waals surface area contributed by atoms with E-state index in [1.807, 2.05) is 91.0 Å². The first-order valence-electron chi connectivity index (χ1n) is 17.5. The van der Waals surface area contributed by atoms with E-state index >= 15 is 0 Å². The summed E-state index contributed by atoms with van der Waals surface area (Å²) in [6.45, 7) is 16.9. The molecule has 3 aromatic carbocycles. The minimum absolute atomic E-state index is 0.0479. The summed E-state index contributed by atoms with van der Waals surface area (Å²) in [4.78, 5) is 40.1. The molecule has 0 fully saturated rings. The van der Waals surface area contributed by atoms with Crippen LogP contribution in [0.1, 0.15) is 83.9 Å². The van der Waals surface area contributed by atoms with Crippen molar-refractivity contribution in [2.75, 3.05) is 6.61 Å². The van der Waals surface area contributed by atoms with Crippen LogP contribution in [0.4, 0.5) is 4.79 Å². The third-order valence-electron chi connectivity index (χ3n) is 9.46. The molecule has 0 saturated carbocycles. The number of nitrogens with one attached hydrogen (secondary N) is 2. The van der Waals surface area contributed by atoms with E-state index in [1.165, 1.54) is 0 Å². The Kier molecular flexibility index (Phi) is 12.5. The lowest BCUT2D eigenvalue weighted by molar-refractivity contribution is -0.140. The van der Waals surface area contributed by atoms with E-state index in [-0.39, 0.29) is 23.8 Å². The minimum atomic E-state index is -1.91. The first-order chi connectivity index (χ1) is 23.5. The summed E-state index contributed by atoms with van der Waals surface area (Å²) < 4.78 is 17.7. The number of rotatable bonds is 14. The predicted octanol–water partition coefficient (Wildman–Crippen LogP) is 8.42. The van der Waals surface area contributed by atoms with Crippen LogP contribution in [0.15, 0.2) is 103 Å². The van der Waals surface area contributed by atoms with Crippen LogP contribution in [-0.2, 0) is 29.0 Å². The molecule has 1 heterocycles. The van der Waals surface area contributed by atoms with E-state index in [2.05, 4.69) is 44.5 Å². The number of amides is 2. The van der Waals surface area contributed by atoms with Gasteiger partial charge >= 0.3 is 12.1 Å². The minimum Gasteiger partial charge on any atom is -0.453 e. The van der Waals surface area contributed by atoms with Crippen LogP contribution in [0.25, 0.3) is 0 Å². The average molecular weight is 699 g/mol. The van der Waals surface area contributed by atoms with E-state index in [1.54, 1.807) is 26.8 Å². The number of cyclic esters (lactones) is 1. The number of hydrogen-bond acceptors (Lipinski definition) is 6. The Bertz CT molecular complexity index is 1510. The highest BCUT2D eigenvalue weighted by Gasteiger charge is 2.40. The summed E-state index contributed by atoms with van der Waals surface area (Å²) in [5.41, 5.74) is 1.56. The van der Waals surface area contributed by atoms with E-state index in [0.717, 1.165) is 16.7 Å². The number of hydrogen-bond donors (Lipinski definition) is 2. The zero-order valence-corrected chi connectivity index (χ0v) is 31.9. The van der Waals surface area contributed by atoms with Crippen molar-refractivity contribution in [3.05, 3.63) is 119 Å². The van der Waals surface area contributed by atoms with E-state index in [4.69, 9.17) is 13.9 Å². The number of esters is 1. The maximum absolute atomic E-state index is 14.1. The summed E-state index contributed by atoms with van der Waals surface area (Å²) in [6.07, 6.45) is 1.81. The van der Waals surface area contributed by atoms with E-state index in [9.17, 15) is 14.4 Å². The summed E-state index contributed by atoms with van der Waals surface area (Å²) in [6, 6.07) is 29.0. The lowest BCUT2D eigenvalue weighted by atomic mass is 9.77. The fourth-order valence-corrected chi connectivity index (χ4v) is 6.89. The Morgan fingerprint density at radius 2 is 1.32 bits per heavy atom. The third-order valence-corrected chi connectivity index (χ3v) is 14.0. The lowest BCUT2D eigenvalue weighted by Gasteiger charge is -2.37. The van der Waals surface area contributed by atoms with Crippen molar-refractivity contribution in [2.45, 2.75) is 109 Å². The predicted molar refractivity (Wildman–Crippen MR) is 200 cm³/mol. The molecule has 0 bridgehead atoms. The second kappa shape index (κ2) is 16.2. The summed E-state index contributed by atoms with van der Waals surface area (Å²) >= 11 is 0. The van der Waals surface area contributed by atoms with Gasteiger partial charge in [0, 0.05) is 18.6 Å². The molecule has 4 rings (SSSR count). The average Bonchev–Trinajstić information content (AvgIpc) is 3.43. The first-order valence-corrected chi connectivity index (χ1v) is 20.5. The fraction of sp³-hybridized carbons (Fsp3) is 0.439. The molecule has 0 saturated heterocycles. The van der Waals surface area contributed by atoms with Crippen LogP contribution in [0.2, 0.25) is 18.1 Å². The molecule has 2 N–H and O–H groups in total. The number of alkyl carbamates (subject to hydrolysis) is 1. The van der Waals surface area contributed by atoms with Gasteiger partial charge in [0.05, 0.1) is 6.04 Å². The van der Waals surface area contributed by atoms with Gasteiger partial charge in [0.25, 0.3) is 0 Å². The van der Waals surface area contributed by atoms with Gasteiger partial charge in [-0.05, 0) is 80.9 Å². The quantitative estimate of drug-likeness (QED) is 0.0759. The van der Waals surface area contributed by atoms with Crippen molar-refractivity contribution in [1.29, 1.82) is 0 Å². The fourth-order valence-electron chi connectivity index (χ4n) is 5.81. The Hall–Kier alpha value is -4.21. The lowest BCUT2D eigenvalue weighted by Crippen LogP contribution is -2.49. The Balaban J connectivity index is 1.55. The molecule has 1 aliphatic heterocycles. The Morgan fingerprint density at radius 3 is 1.78 bits per heavy atom. The smallest absolute Gasteiger partial charge is 0.408 e. The number of ether oxygens (including phenoxy) is 2. The van der Waals surface area contributed by atoms with Crippen molar-refractivity contribution >= 4 is 26.3 Å². The molecule has 0 unspecified atom stereocenters. The van der Waals surface area contributed by atoms with Crippen LogP contribution in [0, 0.1) is 0 Å². The second-order valence-electron chi connectivity index (χ2n) is 15.5. The molecule has 9 heteroatoms. The normalized spacial score (nSPS) is 15.9. The van der Waals surface area contributed by atoms with Gasteiger partial charge in [-0.3, -0.25) is 4.79 Å². The van der Waals surface area contributed by atoms with Gasteiger partial charge in [-0.25, -0.2) is 9.59 Å². The maximum atomic E-state index is 14.1. The summed E-state index contributed by atoms with van der Waals surface area (Å²) in [7, 11) is -1.91. The zero-order chi connectivity index (χ0) is 36.6. The Morgan fingerprint density at radius 1 is 0.820 bits per heavy atom. The van der Waals surface area contributed by atoms with Gasteiger partial charge in [-0.2, -0.15) is 0 Å². The maximum Gasteiger partial charge on any atom is 0.408 e. The topological polar surface area (TPSA) is 103 Å². The first kappa shape index (κ1) is 38.6. The highest BCUT2D eigenvalue weighted by molar-refractivity contribution is 6.74. The summed E-state index contributed by atoms with van der Waals surface area (Å²) in [5.74, 6) is -0.645. The van der Waals surface area contributed by atoms with Crippen molar-refractivity contribution in [3.63, 3.8) is 0 Å². The van der Waals surface area contributed by atoms with Gasteiger partial charge < -0.3 is 24.5 Å². The van der Waals surface area contributed by atoms with Crippen molar-refractivity contribution in [3.8, 4) is 0 Å². The van der Waals surface area contributed by atoms with Crippen LogP contribution < -0.4 is 10.6 Å². The van der Waals surface area contributed by atoms with Gasteiger partial charge in [0.1, 0.15) is 17.2 Å². The van der Waals surface area contributed by atoms with Crippen molar-refractivity contribution in [1.82, 2.24) is 10.6 Å². The zero-order valence-electron chi connectivity index (χ0n) is 30.9. The van der Waals surface area contributed by atoms with Crippen LogP contribution in [0.5, 0.6) is 0 Å². The monoisotopic (exact) mass is 698 g/mol. The van der Waals surface area contributed by atoms with Crippen LogP contribution >= 0.6 is 0 Å². The second-order valence-corrected chi connectivity index (χ2v) is 20.3. The molecule has 0 aromatic heterocycles. The third kappa shape index (κ3) is 9.94. The van der Waals surface area contributed by atoms with Gasteiger partial charge in [0.15, 0.2) is 8.32 Å². The molecule has 3 aromatic rings. The largest absolute Gasteiger partial charge is 0.453 e. The van der Waals surface area contributed by atoms with Gasteiger partial charge in [-0.1, -0.05) is 112 Å². The van der Waals surface area contributed by atoms with E-state index in [0.29, 0.717) is 25.0 Å². The number of carbonyl (C=O) groups excluding carboxylic acids is 3. The highest BCUT2D eigenvalue weighted by atomic mass is 28.4. The van der Waals surface area contributed by atoms with Gasteiger partial charge in [0.2, 0.25) is 5.91 Å². The molecule has 1 aliphatic rings. The molecule has 268 valence electrons. The molecule has 50 heavy (non-hydrogen) atoms. The van der Waals surface area contributed by atoms with Crippen molar-refractivity contribution in [2.24, 2.45) is 0 Å². The molecule has 0 spiro atoms. The standard InChI is InChI=1S/C41H54N2O6Si/c1-39(2,3)49-38(46)42-34(35-29-30(37(45)48-35)19-18-28-47-50(7,8)40(4,5)6)26-27-36(44)43-41(31-20-12-9-13-21-31,32-22-14-10-15-23-32)33-24-16-11-17-25-33/h9-17,20-25,29,34-35H,18-19,26-28H2,1-8H3,(H,42,46)(H,43,44)/t34-,35-/m0/s1. The molecular formula is C41H54N2O6Si. The SMILES string of the molecule is CC(C)(C)OC(=O)N[C@@H](CCC(=O)NC(c1ccccc1)(c1ccccc1)c1ccccc1)[C@@H]1C=C(CCCO[Si](C)(C)C(C)(C)C)C(=O)O1. The van der Waals surface area contributed by atoms with Crippen LogP contribution in [0.3, 0.4) is 0 Å². The molecule has 0 radical (unpaired) electrons. The van der Waals surface area contributed by atoms with Crippen molar-refractivity contribution < 1.29 is 28.3 Å². The summed E-state index contributed by atoms with van der Waals surface area (Å²) in [5, 5.41) is 6.36. The van der Waals surface area contributed by atoms with Crippen LogP contribution in [-0.4, -0.2) is 50.6 Å².